The number of amides is 2. The zero-order chi connectivity index (χ0) is 21.1. The SMILES string of the molecule is CCC(COC)NC(=O)c1c2c(cn(C)c1=O)CN(C(=O)c1csc(C)n1)CC2. The molecule has 8 nitrogen and oxygen atoms in total. The van der Waals surface area contributed by atoms with Crippen LogP contribution in [0, 0.1) is 6.92 Å². The second-order valence-electron chi connectivity index (χ2n) is 7.19. The zero-order valence-electron chi connectivity index (χ0n) is 17.2. The maximum Gasteiger partial charge on any atom is 0.273 e. The van der Waals surface area contributed by atoms with Crippen LogP contribution in [0.2, 0.25) is 0 Å². The Kier molecular flexibility index (Phi) is 6.49. The summed E-state index contributed by atoms with van der Waals surface area (Å²) in [5.41, 5.74) is 1.80. The molecule has 1 atom stereocenters. The quantitative estimate of drug-likeness (QED) is 0.767. The summed E-state index contributed by atoms with van der Waals surface area (Å²) in [5.74, 6) is -0.521. The molecule has 0 aromatic carbocycles. The van der Waals surface area contributed by atoms with Crippen LogP contribution in [0.3, 0.4) is 0 Å². The predicted octanol–water partition coefficient (Wildman–Crippen LogP) is 1.50. The molecule has 1 aliphatic heterocycles. The van der Waals surface area contributed by atoms with E-state index < -0.39 is 0 Å². The first-order valence-corrected chi connectivity index (χ1v) is 10.5. The normalized spacial score (nSPS) is 14.4. The van der Waals surface area contributed by atoms with Crippen LogP contribution in [0.4, 0.5) is 0 Å². The minimum absolute atomic E-state index is 0.133. The number of methoxy groups -OCH3 is 1. The van der Waals surface area contributed by atoms with Gasteiger partial charge >= 0.3 is 0 Å². The van der Waals surface area contributed by atoms with Gasteiger partial charge in [0.05, 0.1) is 17.7 Å². The van der Waals surface area contributed by atoms with E-state index in [1.807, 2.05) is 13.8 Å². The molecule has 2 aromatic rings. The molecule has 1 N–H and O–H groups in total. The molecule has 0 saturated heterocycles. The van der Waals surface area contributed by atoms with Crippen molar-refractivity contribution in [3.05, 3.63) is 49.3 Å². The van der Waals surface area contributed by atoms with E-state index >= 15 is 0 Å². The molecule has 2 aromatic heterocycles. The van der Waals surface area contributed by atoms with Gasteiger partial charge in [-0.05, 0) is 30.9 Å². The van der Waals surface area contributed by atoms with Gasteiger partial charge in [0.15, 0.2) is 0 Å². The molecule has 3 rings (SSSR count). The maximum atomic E-state index is 12.9. The van der Waals surface area contributed by atoms with Gasteiger partial charge in [0.25, 0.3) is 17.4 Å². The van der Waals surface area contributed by atoms with Crippen molar-refractivity contribution in [2.24, 2.45) is 7.05 Å². The van der Waals surface area contributed by atoms with E-state index in [2.05, 4.69) is 10.3 Å². The van der Waals surface area contributed by atoms with Crippen LogP contribution < -0.4 is 10.9 Å². The van der Waals surface area contributed by atoms with Crippen LogP contribution in [0.5, 0.6) is 0 Å². The van der Waals surface area contributed by atoms with Crippen LogP contribution in [0.25, 0.3) is 0 Å². The number of carbonyl (C=O) groups excluding carboxylic acids is 2. The summed E-state index contributed by atoms with van der Waals surface area (Å²) in [6.45, 7) is 4.97. The minimum atomic E-state index is -0.388. The fourth-order valence-corrected chi connectivity index (χ4v) is 4.13. The van der Waals surface area contributed by atoms with Gasteiger partial charge in [-0.1, -0.05) is 6.92 Å². The summed E-state index contributed by atoms with van der Waals surface area (Å²) in [6.07, 6.45) is 2.86. The van der Waals surface area contributed by atoms with Gasteiger partial charge in [-0.15, -0.1) is 11.3 Å². The van der Waals surface area contributed by atoms with E-state index in [-0.39, 0.29) is 29.0 Å². The third-order valence-electron chi connectivity index (χ3n) is 5.11. The van der Waals surface area contributed by atoms with E-state index in [0.29, 0.717) is 38.2 Å². The van der Waals surface area contributed by atoms with Crippen molar-refractivity contribution in [3.8, 4) is 0 Å². The molecule has 1 unspecified atom stereocenters. The Morgan fingerprint density at radius 1 is 1.41 bits per heavy atom. The molecule has 9 heteroatoms. The highest BCUT2D eigenvalue weighted by atomic mass is 32.1. The highest BCUT2D eigenvalue weighted by molar-refractivity contribution is 7.09. The molecule has 156 valence electrons. The highest BCUT2D eigenvalue weighted by Crippen LogP contribution is 2.22. The lowest BCUT2D eigenvalue weighted by atomic mass is 9.95. The molecule has 0 aliphatic carbocycles. The van der Waals surface area contributed by atoms with Crippen molar-refractivity contribution in [2.75, 3.05) is 20.3 Å². The van der Waals surface area contributed by atoms with Crippen molar-refractivity contribution < 1.29 is 14.3 Å². The Morgan fingerprint density at radius 3 is 2.79 bits per heavy atom. The second kappa shape index (κ2) is 8.87. The fraction of sp³-hybridized carbons (Fsp3) is 0.500. The lowest BCUT2D eigenvalue weighted by Crippen LogP contribution is -2.44. The summed E-state index contributed by atoms with van der Waals surface area (Å²) in [7, 11) is 3.20. The fourth-order valence-electron chi connectivity index (χ4n) is 3.54. The molecule has 29 heavy (non-hydrogen) atoms. The molecular formula is C20H26N4O4S. The van der Waals surface area contributed by atoms with E-state index in [1.165, 1.54) is 15.9 Å². The highest BCUT2D eigenvalue weighted by Gasteiger charge is 2.29. The number of thiazole rings is 1. The number of pyridine rings is 1. The van der Waals surface area contributed by atoms with E-state index in [4.69, 9.17) is 4.74 Å². The lowest BCUT2D eigenvalue weighted by Gasteiger charge is -2.30. The zero-order valence-corrected chi connectivity index (χ0v) is 18.0. The summed E-state index contributed by atoms with van der Waals surface area (Å²) >= 11 is 1.44. The summed E-state index contributed by atoms with van der Waals surface area (Å²) in [4.78, 5) is 44.4. The standard InChI is InChI=1S/C20H26N4O4S/c1-5-14(10-28-4)22-18(25)17-15-6-7-24(9-13(15)8-23(3)20(17)27)19(26)16-11-29-12(2)21-16/h8,11,14H,5-7,9-10H2,1-4H3,(H,22,25). The number of aromatic nitrogens is 2. The molecular weight excluding hydrogens is 392 g/mol. The topological polar surface area (TPSA) is 93.5 Å². The van der Waals surface area contributed by atoms with Gasteiger partial charge in [-0.25, -0.2) is 4.98 Å². The number of ether oxygens (including phenoxy) is 1. The number of hydrogen-bond acceptors (Lipinski definition) is 6. The molecule has 0 saturated carbocycles. The number of nitrogens with zero attached hydrogens (tertiary/aromatic N) is 3. The number of aryl methyl sites for hydroxylation is 2. The molecule has 2 amide bonds. The van der Waals surface area contributed by atoms with Crippen LogP contribution in [-0.2, 0) is 24.8 Å². The minimum Gasteiger partial charge on any atom is -0.383 e. The predicted molar refractivity (Wildman–Crippen MR) is 110 cm³/mol. The van der Waals surface area contributed by atoms with Gasteiger partial charge < -0.3 is 19.5 Å². The third-order valence-corrected chi connectivity index (χ3v) is 5.89. The van der Waals surface area contributed by atoms with Gasteiger partial charge in [-0.2, -0.15) is 0 Å². The first-order chi connectivity index (χ1) is 13.8. The van der Waals surface area contributed by atoms with Crippen molar-refractivity contribution in [3.63, 3.8) is 0 Å². The van der Waals surface area contributed by atoms with Crippen LogP contribution in [0.1, 0.15) is 50.3 Å². The molecule has 0 spiro atoms. The van der Waals surface area contributed by atoms with E-state index in [0.717, 1.165) is 16.1 Å². The number of rotatable bonds is 6. The Balaban J connectivity index is 1.89. The summed E-state index contributed by atoms with van der Waals surface area (Å²) < 4.78 is 6.54. The van der Waals surface area contributed by atoms with E-state index in [9.17, 15) is 14.4 Å². The number of carbonyl (C=O) groups is 2. The smallest absolute Gasteiger partial charge is 0.273 e. The Morgan fingerprint density at radius 2 is 2.17 bits per heavy atom. The van der Waals surface area contributed by atoms with Crippen molar-refractivity contribution in [1.29, 1.82) is 0 Å². The Labute approximate surface area is 173 Å². The van der Waals surface area contributed by atoms with Crippen LogP contribution in [0.15, 0.2) is 16.4 Å². The van der Waals surface area contributed by atoms with Crippen LogP contribution >= 0.6 is 11.3 Å². The summed E-state index contributed by atoms with van der Waals surface area (Å²) in [5, 5.41) is 5.50. The average Bonchev–Trinajstić information content (AvgIpc) is 3.13. The molecule has 0 fully saturated rings. The Bertz CT molecular complexity index is 981. The van der Waals surface area contributed by atoms with Gasteiger partial charge in [0, 0.05) is 38.8 Å². The van der Waals surface area contributed by atoms with Crippen molar-refractivity contribution >= 4 is 23.2 Å². The van der Waals surface area contributed by atoms with E-state index in [1.54, 1.807) is 30.6 Å². The molecule has 0 bridgehead atoms. The van der Waals surface area contributed by atoms with Crippen molar-refractivity contribution in [1.82, 2.24) is 19.8 Å². The number of fused-ring (bicyclic) bond motifs is 1. The molecule has 1 aliphatic rings. The van der Waals surface area contributed by atoms with Gasteiger partial charge in [-0.3, -0.25) is 14.4 Å². The first-order valence-electron chi connectivity index (χ1n) is 9.58. The second-order valence-corrected chi connectivity index (χ2v) is 8.25. The van der Waals surface area contributed by atoms with Crippen molar-refractivity contribution in [2.45, 2.75) is 39.3 Å². The average molecular weight is 419 g/mol. The first kappa shape index (κ1) is 21.2. The molecule has 0 radical (unpaired) electrons. The largest absolute Gasteiger partial charge is 0.383 e. The Hall–Kier alpha value is -2.52. The maximum absolute atomic E-state index is 12.9. The molecule has 3 heterocycles. The van der Waals surface area contributed by atoms with Crippen LogP contribution in [-0.4, -0.2) is 52.6 Å². The summed E-state index contributed by atoms with van der Waals surface area (Å²) in [6, 6.07) is -0.164. The number of nitrogens with one attached hydrogen (secondary N) is 1. The number of hydrogen-bond donors (Lipinski definition) is 1. The lowest BCUT2D eigenvalue weighted by molar-refractivity contribution is 0.0728. The van der Waals surface area contributed by atoms with Gasteiger partial charge in [0.2, 0.25) is 0 Å². The van der Waals surface area contributed by atoms with Gasteiger partial charge in [0.1, 0.15) is 11.3 Å². The monoisotopic (exact) mass is 418 g/mol. The third kappa shape index (κ3) is 4.40.